The standard InChI is InChI=1S/C30H36O6.C2H6/c1-21-10-12-25(16-24(21)14-23-11-13-28(32-2)29(15-23)33-3)30(34-4)18-26(17-27(19-31)36-30)35-20-22-8-6-5-7-9-22;1-2/h5-13,15-16,26-27,31H,14,17-20H2,1-4H3;1-2H3. The molecule has 3 aromatic carbocycles. The molecular formula is C32H42O6. The number of rotatable bonds is 10. The van der Waals surface area contributed by atoms with Crippen LogP contribution in [0.2, 0.25) is 0 Å². The molecule has 3 atom stereocenters. The summed E-state index contributed by atoms with van der Waals surface area (Å²) in [7, 11) is 4.93. The van der Waals surface area contributed by atoms with Crippen LogP contribution in [0.15, 0.2) is 66.7 Å². The van der Waals surface area contributed by atoms with Gasteiger partial charge >= 0.3 is 0 Å². The van der Waals surface area contributed by atoms with Crippen LogP contribution in [-0.2, 0) is 33.0 Å². The first-order chi connectivity index (χ1) is 18.5. The molecule has 3 unspecified atom stereocenters. The third-order valence-corrected chi connectivity index (χ3v) is 6.87. The number of ether oxygens (including phenoxy) is 5. The minimum atomic E-state index is -1.01. The summed E-state index contributed by atoms with van der Waals surface area (Å²) in [6.07, 6.45) is 1.36. The second-order valence-corrected chi connectivity index (χ2v) is 9.25. The van der Waals surface area contributed by atoms with Gasteiger partial charge in [-0.3, -0.25) is 0 Å². The Balaban J connectivity index is 0.00000195. The molecule has 1 fully saturated rings. The molecular weight excluding hydrogens is 480 g/mol. The van der Waals surface area contributed by atoms with E-state index < -0.39 is 5.79 Å². The van der Waals surface area contributed by atoms with Gasteiger partial charge in [0.2, 0.25) is 0 Å². The molecule has 3 aromatic rings. The third kappa shape index (κ3) is 7.14. The highest BCUT2D eigenvalue weighted by atomic mass is 16.7. The molecule has 1 N–H and O–H groups in total. The van der Waals surface area contributed by atoms with Crippen LogP contribution in [0.5, 0.6) is 11.5 Å². The predicted octanol–water partition coefficient (Wildman–Crippen LogP) is 6.19. The first kappa shape index (κ1) is 29.7. The molecule has 6 heteroatoms. The van der Waals surface area contributed by atoms with Crippen molar-refractivity contribution in [1.29, 1.82) is 0 Å². The predicted molar refractivity (Wildman–Crippen MR) is 150 cm³/mol. The third-order valence-electron chi connectivity index (χ3n) is 6.87. The number of methoxy groups -OCH3 is 3. The van der Waals surface area contributed by atoms with Crippen molar-refractivity contribution in [3.63, 3.8) is 0 Å². The Morgan fingerprint density at radius 1 is 0.895 bits per heavy atom. The highest BCUT2D eigenvalue weighted by Gasteiger charge is 2.44. The second-order valence-electron chi connectivity index (χ2n) is 9.25. The second kappa shape index (κ2) is 14.3. The van der Waals surface area contributed by atoms with Gasteiger partial charge in [0.05, 0.1) is 39.6 Å². The van der Waals surface area contributed by atoms with Crippen molar-refractivity contribution in [2.45, 2.75) is 64.6 Å². The minimum absolute atomic E-state index is 0.0966. The largest absolute Gasteiger partial charge is 0.493 e. The van der Waals surface area contributed by atoms with Gasteiger partial charge in [0.25, 0.3) is 0 Å². The summed E-state index contributed by atoms with van der Waals surface area (Å²) in [4.78, 5) is 0. The zero-order valence-electron chi connectivity index (χ0n) is 23.5. The molecule has 4 rings (SSSR count). The van der Waals surface area contributed by atoms with Crippen LogP contribution in [0.1, 0.15) is 54.5 Å². The molecule has 6 nitrogen and oxygen atoms in total. The number of hydrogen-bond acceptors (Lipinski definition) is 6. The molecule has 0 aromatic heterocycles. The van der Waals surface area contributed by atoms with Crippen LogP contribution in [0, 0.1) is 6.92 Å². The van der Waals surface area contributed by atoms with E-state index in [1.165, 1.54) is 5.56 Å². The Morgan fingerprint density at radius 3 is 2.29 bits per heavy atom. The summed E-state index contributed by atoms with van der Waals surface area (Å²) >= 11 is 0. The summed E-state index contributed by atoms with van der Waals surface area (Å²) in [6, 6.07) is 22.4. The Labute approximate surface area is 227 Å². The summed E-state index contributed by atoms with van der Waals surface area (Å²) in [5, 5.41) is 10.00. The molecule has 0 radical (unpaired) electrons. The van der Waals surface area contributed by atoms with Gasteiger partial charge in [0.1, 0.15) is 0 Å². The quantitative estimate of drug-likeness (QED) is 0.343. The van der Waals surface area contributed by atoms with Crippen molar-refractivity contribution in [1.82, 2.24) is 0 Å². The van der Waals surface area contributed by atoms with Crippen LogP contribution in [0.4, 0.5) is 0 Å². The minimum Gasteiger partial charge on any atom is -0.493 e. The maximum absolute atomic E-state index is 10.00. The molecule has 0 aliphatic carbocycles. The fraction of sp³-hybridized carbons (Fsp3) is 0.438. The maximum Gasteiger partial charge on any atom is 0.197 e. The molecule has 0 spiro atoms. The molecule has 0 saturated carbocycles. The molecule has 38 heavy (non-hydrogen) atoms. The van der Waals surface area contributed by atoms with Gasteiger partial charge in [0.15, 0.2) is 17.3 Å². The molecule has 1 aliphatic heterocycles. The Morgan fingerprint density at radius 2 is 1.63 bits per heavy atom. The van der Waals surface area contributed by atoms with E-state index >= 15 is 0 Å². The fourth-order valence-electron chi connectivity index (χ4n) is 4.81. The number of hydrogen-bond donors (Lipinski definition) is 1. The Kier molecular flexibility index (Phi) is 11.2. The molecule has 1 saturated heterocycles. The number of aliphatic hydroxyl groups is 1. The highest BCUT2D eigenvalue weighted by molar-refractivity contribution is 5.45. The van der Waals surface area contributed by atoms with Crippen molar-refractivity contribution in [3.05, 3.63) is 94.5 Å². The number of benzene rings is 3. The van der Waals surface area contributed by atoms with Gasteiger partial charge in [-0.2, -0.15) is 0 Å². The van der Waals surface area contributed by atoms with E-state index in [4.69, 9.17) is 23.7 Å². The molecule has 1 aliphatic rings. The van der Waals surface area contributed by atoms with E-state index in [1.807, 2.05) is 68.4 Å². The lowest BCUT2D eigenvalue weighted by molar-refractivity contribution is -0.303. The first-order valence-electron chi connectivity index (χ1n) is 13.3. The molecule has 1 heterocycles. The van der Waals surface area contributed by atoms with Crippen molar-refractivity contribution in [3.8, 4) is 11.5 Å². The average Bonchev–Trinajstić information content (AvgIpc) is 2.98. The van der Waals surface area contributed by atoms with Gasteiger partial charge in [-0.25, -0.2) is 0 Å². The zero-order chi connectivity index (χ0) is 27.5. The smallest absolute Gasteiger partial charge is 0.197 e. The lowest BCUT2D eigenvalue weighted by Crippen LogP contribution is -2.47. The van der Waals surface area contributed by atoms with E-state index in [1.54, 1.807) is 21.3 Å². The fourth-order valence-corrected chi connectivity index (χ4v) is 4.81. The topological polar surface area (TPSA) is 66.4 Å². The normalized spacial score (nSPS) is 20.8. The summed E-state index contributed by atoms with van der Waals surface area (Å²) < 4.78 is 29.6. The maximum atomic E-state index is 10.00. The molecule has 0 bridgehead atoms. The van der Waals surface area contributed by atoms with E-state index in [-0.39, 0.29) is 18.8 Å². The van der Waals surface area contributed by atoms with E-state index in [0.717, 1.165) is 28.7 Å². The van der Waals surface area contributed by atoms with E-state index in [2.05, 4.69) is 19.1 Å². The van der Waals surface area contributed by atoms with Crippen LogP contribution >= 0.6 is 0 Å². The number of aryl methyl sites for hydroxylation is 1. The Bertz CT molecular complexity index is 1130. The Hall–Kier alpha value is -2.90. The monoisotopic (exact) mass is 522 g/mol. The lowest BCUT2D eigenvalue weighted by atomic mass is 9.89. The van der Waals surface area contributed by atoms with Gasteiger partial charge < -0.3 is 28.8 Å². The van der Waals surface area contributed by atoms with E-state index in [9.17, 15) is 5.11 Å². The van der Waals surface area contributed by atoms with Crippen molar-refractivity contribution < 1.29 is 28.8 Å². The van der Waals surface area contributed by atoms with Crippen LogP contribution in [0.25, 0.3) is 0 Å². The van der Waals surface area contributed by atoms with Gasteiger partial charge in [-0.05, 0) is 53.8 Å². The SMILES string of the molecule is CC.COc1ccc(Cc2cc(C3(OC)CC(OCc4ccccc4)CC(CO)O3)ccc2C)cc1OC. The number of aliphatic hydroxyl groups excluding tert-OH is 1. The lowest BCUT2D eigenvalue weighted by Gasteiger charge is -2.43. The van der Waals surface area contributed by atoms with Gasteiger partial charge in [-0.15, -0.1) is 0 Å². The first-order valence-corrected chi connectivity index (χ1v) is 13.3. The average molecular weight is 523 g/mol. The van der Waals surface area contributed by atoms with Crippen LogP contribution < -0.4 is 9.47 Å². The van der Waals surface area contributed by atoms with Gasteiger partial charge in [0, 0.05) is 25.5 Å². The summed E-state index contributed by atoms with van der Waals surface area (Å²) in [6.45, 7) is 6.51. The summed E-state index contributed by atoms with van der Waals surface area (Å²) in [5.74, 6) is 0.404. The van der Waals surface area contributed by atoms with Crippen molar-refractivity contribution >= 4 is 0 Å². The van der Waals surface area contributed by atoms with Gasteiger partial charge in [-0.1, -0.05) is 62.4 Å². The highest BCUT2D eigenvalue weighted by Crippen LogP contribution is 2.41. The zero-order valence-corrected chi connectivity index (χ0v) is 23.5. The molecule has 0 amide bonds. The van der Waals surface area contributed by atoms with Crippen LogP contribution in [0.3, 0.4) is 0 Å². The van der Waals surface area contributed by atoms with Crippen molar-refractivity contribution in [2.24, 2.45) is 0 Å². The van der Waals surface area contributed by atoms with Crippen LogP contribution in [-0.4, -0.2) is 45.3 Å². The molecule has 206 valence electrons. The van der Waals surface area contributed by atoms with Crippen molar-refractivity contribution in [2.75, 3.05) is 27.9 Å². The summed E-state index contributed by atoms with van der Waals surface area (Å²) in [5.41, 5.74) is 5.47. The van der Waals surface area contributed by atoms with E-state index in [0.29, 0.717) is 30.9 Å².